The van der Waals surface area contributed by atoms with E-state index in [-0.39, 0.29) is 0 Å². The zero-order chi connectivity index (χ0) is 9.38. The van der Waals surface area contributed by atoms with Gasteiger partial charge in [-0.1, -0.05) is 0 Å². The Morgan fingerprint density at radius 3 is 3.14 bits per heavy atom. The fraction of sp³-hybridized carbons (Fsp3) is 0. The molecular formula is C9H6N4O. The number of rotatable bonds is 1. The van der Waals surface area contributed by atoms with E-state index in [2.05, 4.69) is 20.3 Å². The lowest BCUT2D eigenvalue weighted by atomic mass is 10.2. The van der Waals surface area contributed by atoms with E-state index >= 15 is 0 Å². The minimum atomic E-state index is 0.681. The van der Waals surface area contributed by atoms with Gasteiger partial charge in [0.15, 0.2) is 5.58 Å². The van der Waals surface area contributed by atoms with E-state index in [1.54, 1.807) is 12.4 Å². The van der Waals surface area contributed by atoms with Crippen LogP contribution in [0, 0.1) is 0 Å². The van der Waals surface area contributed by atoms with Crippen LogP contribution in [0.25, 0.3) is 22.5 Å². The van der Waals surface area contributed by atoms with Crippen molar-refractivity contribution < 1.29 is 4.52 Å². The van der Waals surface area contributed by atoms with E-state index in [1.807, 2.05) is 18.2 Å². The molecule has 3 rings (SSSR count). The van der Waals surface area contributed by atoms with Crippen molar-refractivity contribution >= 4 is 11.1 Å². The average Bonchev–Trinajstić information content (AvgIpc) is 2.88. The molecule has 0 fully saturated rings. The molecule has 0 aliphatic heterocycles. The molecule has 0 atom stereocenters. The largest absolute Gasteiger partial charge is 0.345 e. The minimum Gasteiger partial charge on any atom is -0.345 e. The number of nitrogens with one attached hydrogen (secondary N) is 1. The van der Waals surface area contributed by atoms with Crippen LogP contribution in [0.5, 0.6) is 0 Å². The molecule has 0 spiro atoms. The first kappa shape index (κ1) is 7.25. The van der Waals surface area contributed by atoms with E-state index in [4.69, 9.17) is 4.52 Å². The van der Waals surface area contributed by atoms with Crippen molar-refractivity contribution in [3.63, 3.8) is 0 Å². The van der Waals surface area contributed by atoms with E-state index in [1.165, 1.54) is 0 Å². The molecule has 0 aliphatic rings. The summed E-state index contributed by atoms with van der Waals surface area (Å²) >= 11 is 0. The van der Waals surface area contributed by atoms with Crippen LogP contribution in [0.15, 0.2) is 35.1 Å². The molecule has 2 heterocycles. The Morgan fingerprint density at radius 1 is 1.29 bits per heavy atom. The lowest BCUT2D eigenvalue weighted by Crippen LogP contribution is -1.79. The second-order valence-electron chi connectivity index (χ2n) is 2.89. The topological polar surface area (TPSA) is 67.6 Å². The Labute approximate surface area is 78.8 Å². The summed E-state index contributed by atoms with van der Waals surface area (Å²) in [6, 6.07) is 5.62. The van der Waals surface area contributed by atoms with Crippen molar-refractivity contribution in [1.82, 2.24) is 20.3 Å². The number of hydrogen-bond acceptors (Lipinski definition) is 4. The van der Waals surface area contributed by atoms with Gasteiger partial charge in [0.05, 0.1) is 0 Å². The van der Waals surface area contributed by atoms with Gasteiger partial charge < -0.3 is 9.51 Å². The van der Waals surface area contributed by atoms with E-state index in [0.717, 1.165) is 16.9 Å². The summed E-state index contributed by atoms with van der Waals surface area (Å²) in [7, 11) is 0. The lowest BCUT2D eigenvalue weighted by molar-refractivity contribution is 0.424. The SMILES string of the molecule is c1c[nH]c(-c2ccc3onnc3c2)n1. The zero-order valence-corrected chi connectivity index (χ0v) is 7.14. The van der Waals surface area contributed by atoms with Gasteiger partial charge >= 0.3 is 0 Å². The molecule has 1 aromatic carbocycles. The number of fused-ring (bicyclic) bond motifs is 1. The number of aromatic nitrogens is 4. The Bertz CT molecular complexity index is 555. The molecule has 1 N–H and O–H groups in total. The van der Waals surface area contributed by atoms with Crippen LogP contribution in [0.2, 0.25) is 0 Å². The quantitative estimate of drug-likeness (QED) is 0.626. The molecule has 5 heteroatoms. The van der Waals surface area contributed by atoms with Gasteiger partial charge in [0.1, 0.15) is 11.3 Å². The molecular weight excluding hydrogens is 180 g/mol. The third kappa shape index (κ3) is 0.990. The van der Waals surface area contributed by atoms with Crippen LogP contribution in [-0.2, 0) is 0 Å². The number of aromatic amines is 1. The number of benzene rings is 1. The first-order valence-electron chi connectivity index (χ1n) is 4.15. The van der Waals surface area contributed by atoms with Gasteiger partial charge in [-0.15, -0.1) is 5.10 Å². The summed E-state index contributed by atoms with van der Waals surface area (Å²) in [5.74, 6) is 0.815. The highest BCUT2D eigenvalue weighted by atomic mass is 16.5. The summed E-state index contributed by atoms with van der Waals surface area (Å²) in [6.45, 7) is 0. The summed E-state index contributed by atoms with van der Waals surface area (Å²) in [5, 5.41) is 7.30. The van der Waals surface area contributed by atoms with Gasteiger partial charge in [0.2, 0.25) is 0 Å². The first-order chi connectivity index (χ1) is 6.93. The molecule has 14 heavy (non-hydrogen) atoms. The monoisotopic (exact) mass is 186 g/mol. The maximum Gasteiger partial charge on any atom is 0.187 e. The van der Waals surface area contributed by atoms with Crippen molar-refractivity contribution in [2.24, 2.45) is 0 Å². The highest BCUT2D eigenvalue weighted by Gasteiger charge is 2.04. The standard InChI is InChI=1S/C9H6N4O/c1-2-8-7(12-13-14-8)5-6(1)9-10-3-4-11-9/h1-5H,(H,10,11). The van der Waals surface area contributed by atoms with Crippen LogP contribution in [0.1, 0.15) is 0 Å². The lowest BCUT2D eigenvalue weighted by Gasteiger charge is -1.93. The summed E-state index contributed by atoms with van der Waals surface area (Å²) in [4.78, 5) is 7.16. The van der Waals surface area contributed by atoms with E-state index in [9.17, 15) is 0 Å². The molecule has 0 amide bonds. The Morgan fingerprint density at radius 2 is 2.29 bits per heavy atom. The molecule has 0 bridgehead atoms. The van der Waals surface area contributed by atoms with Crippen molar-refractivity contribution in [1.29, 1.82) is 0 Å². The molecule has 0 saturated carbocycles. The molecule has 0 aliphatic carbocycles. The molecule has 0 saturated heterocycles. The van der Waals surface area contributed by atoms with Gasteiger partial charge in [-0.25, -0.2) is 4.98 Å². The van der Waals surface area contributed by atoms with Crippen LogP contribution >= 0.6 is 0 Å². The molecule has 68 valence electrons. The Kier molecular flexibility index (Phi) is 1.38. The van der Waals surface area contributed by atoms with Crippen molar-refractivity contribution in [3.05, 3.63) is 30.6 Å². The summed E-state index contributed by atoms with van der Waals surface area (Å²) in [6.07, 6.45) is 3.49. The normalized spacial score (nSPS) is 10.9. The second kappa shape index (κ2) is 2.66. The Balaban J connectivity index is 2.23. The number of H-pyrrole nitrogens is 1. The highest BCUT2D eigenvalue weighted by Crippen LogP contribution is 2.19. The predicted octanol–water partition coefficient (Wildman–Crippen LogP) is 1.61. The number of nitrogens with zero attached hydrogens (tertiary/aromatic N) is 3. The van der Waals surface area contributed by atoms with Gasteiger partial charge in [-0.3, -0.25) is 0 Å². The molecule has 5 nitrogen and oxygen atoms in total. The van der Waals surface area contributed by atoms with Gasteiger partial charge in [0, 0.05) is 23.2 Å². The fourth-order valence-corrected chi connectivity index (χ4v) is 1.35. The number of imidazole rings is 1. The molecule has 0 radical (unpaired) electrons. The van der Waals surface area contributed by atoms with Crippen molar-refractivity contribution in [2.75, 3.05) is 0 Å². The number of hydrogen-bond donors (Lipinski definition) is 1. The Hall–Kier alpha value is -2.17. The van der Waals surface area contributed by atoms with E-state index in [0.29, 0.717) is 5.58 Å². The minimum absolute atomic E-state index is 0.681. The predicted molar refractivity (Wildman–Crippen MR) is 49.4 cm³/mol. The highest BCUT2D eigenvalue weighted by molar-refractivity contribution is 5.77. The van der Waals surface area contributed by atoms with Crippen LogP contribution < -0.4 is 0 Å². The van der Waals surface area contributed by atoms with Crippen LogP contribution in [0.4, 0.5) is 0 Å². The van der Waals surface area contributed by atoms with E-state index < -0.39 is 0 Å². The second-order valence-corrected chi connectivity index (χ2v) is 2.89. The molecule has 3 aromatic rings. The van der Waals surface area contributed by atoms with Gasteiger partial charge in [0.25, 0.3) is 0 Å². The summed E-state index contributed by atoms with van der Waals surface area (Å²) < 4.78 is 4.90. The third-order valence-electron chi connectivity index (χ3n) is 2.02. The van der Waals surface area contributed by atoms with Crippen molar-refractivity contribution in [3.8, 4) is 11.4 Å². The third-order valence-corrected chi connectivity index (χ3v) is 2.02. The molecule has 2 aromatic heterocycles. The molecule has 0 unspecified atom stereocenters. The average molecular weight is 186 g/mol. The zero-order valence-electron chi connectivity index (χ0n) is 7.14. The van der Waals surface area contributed by atoms with Gasteiger partial charge in [-0.05, 0) is 18.2 Å². The first-order valence-corrected chi connectivity index (χ1v) is 4.15. The maximum absolute atomic E-state index is 4.90. The van der Waals surface area contributed by atoms with Crippen LogP contribution in [0.3, 0.4) is 0 Å². The van der Waals surface area contributed by atoms with Crippen molar-refractivity contribution in [2.45, 2.75) is 0 Å². The summed E-state index contributed by atoms with van der Waals surface area (Å²) in [5.41, 5.74) is 2.39. The fourth-order valence-electron chi connectivity index (χ4n) is 1.35. The van der Waals surface area contributed by atoms with Crippen LogP contribution in [-0.4, -0.2) is 20.3 Å². The maximum atomic E-state index is 4.90. The van der Waals surface area contributed by atoms with Gasteiger partial charge in [-0.2, -0.15) is 0 Å². The smallest absolute Gasteiger partial charge is 0.187 e.